The minimum absolute atomic E-state index is 0.415. The van der Waals surface area contributed by atoms with Gasteiger partial charge in [-0.05, 0) is 35.8 Å². The van der Waals surface area contributed by atoms with Gasteiger partial charge in [0.05, 0.1) is 6.10 Å². The quantitative estimate of drug-likeness (QED) is 0.844. The zero-order valence-corrected chi connectivity index (χ0v) is 11.6. The zero-order valence-electron chi connectivity index (χ0n) is 10.8. The molecule has 0 amide bonds. The Kier molecular flexibility index (Phi) is 3.97. The highest BCUT2D eigenvalue weighted by Crippen LogP contribution is 2.42. The number of thiophene rings is 1. The van der Waals surface area contributed by atoms with Crippen molar-refractivity contribution >= 4 is 11.3 Å². The van der Waals surface area contributed by atoms with Gasteiger partial charge >= 0.3 is 0 Å². The molecule has 0 saturated heterocycles. The van der Waals surface area contributed by atoms with E-state index in [0.717, 1.165) is 11.5 Å². The van der Waals surface area contributed by atoms with Crippen LogP contribution in [-0.4, -0.2) is 11.7 Å². The van der Waals surface area contributed by atoms with Gasteiger partial charge in [0.25, 0.3) is 0 Å². The van der Waals surface area contributed by atoms with Crippen LogP contribution in [0.4, 0.5) is 0 Å². The molecule has 1 aliphatic rings. The van der Waals surface area contributed by atoms with Gasteiger partial charge in [-0.1, -0.05) is 36.4 Å². The van der Waals surface area contributed by atoms with Gasteiger partial charge in [-0.3, -0.25) is 0 Å². The van der Waals surface area contributed by atoms with E-state index in [0.29, 0.717) is 12.6 Å². The van der Waals surface area contributed by atoms with Gasteiger partial charge in [-0.15, -0.1) is 11.3 Å². The average Bonchev–Trinajstić information content (AvgIpc) is 3.14. The molecule has 2 aromatic rings. The molecule has 1 aromatic carbocycles. The Morgan fingerprint density at radius 3 is 2.58 bits per heavy atom. The van der Waals surface area contributed by atoms with Gasteiger partial charge in [0.2, 0.25) is 0 Å². The first kappa shape index (κ1) is 12.9. The number of nitrogens with one attached hydrogen (secondary N) is 1. The van der Waals surface area contributed by atoms with Crippen LogP contribution < -0.4 is 5.32 Å². The van der Waals surface area contributed by atoms with Crippen molar-refractivity contribution in [2.45, 2.75) is 25.0 Å². The number of aliphatic hydroxyl groups excluding tert-OH is 1. The van der Waals surface area contributed by atoms with Crippen molar-refractivity contribution in [3.05, 3.63) is 58.3 Å². The molecule has 1 fully saturated rings. The highest BCUT2D eigenvalue weighted by molar-refractivity contribution is 7.10. The van der Waals surface area contributed by atoms with Gasteiger partial charge < -0.3 is 10.4 Å². The molecule has 3 heteroatoms. The largest absolute Gasteiger partial charge is 0.387 e. The topological polar surface area (TPSA) is 32.3 Å². The van der Waals surface area contributed by atoms with Crippen molar-refractivity contribution in [2.24, 2.45) is 5.92 Å². The summed E-state index contributed by atoms with van der Waals surface area (Å²) < 4.78 is 0. The van der Waals surface area contributed by atoms with Crippen molar-refractivity contribution in [1.82, 2.24) is 5.32 Å². The summed E-state index contributed by atoms with van der Waals surface area (Å²) in [6.07, 6.45) is 2.18. The van der Waals surface area contributed by atoms with Crippen LogP contribution in [0.2, 0.25) is 0 Å². The summed E-state index contributed by atoms with van der Waals surface area (Å²) >= 11 is 1.80. The van der Waals surface area contributed by atoms with Gasteiger partial charge in [0, 0.05) is 17.5 Å². The van der Waals surface area contributed by atoms with Crippen LogP contribution in [0, 0.1) is 5.92 Å². The predicted molar refractivity (Wildman–Crippen MR) is 79.2 cm³/mol. The summed E-state index contributed by atoms with van der Waals surface area (Å²) in [4.78, 5) is 1.39. The summed E-state index contributed by atoms with van der Waals surface area (Å²) in [5.41, 5.74) is 0.982. The van der Waals surface area contributed by atoms with Crippen molar-refractivity contribution in [3.63, 3.8) is 0 Å². The molecule has 0 radical (unpaired) electrons. The van der Waals surface area contributed by atoms with Gasteiger partial charge in [0.15, 0.2) is 0 Å². The molecular weight excluding hydrogens is 254 g/mol. The Balaban J connectivity index is 1.61. The van der Waals surface area contributed by atoms with Crippen LogP contribution >= 0.6 is 11.3 Å². The fourth-order valence-corrected chi connectivity index (χ4v) is 3.32. The second kappa shape index (κ2) is 5.87. The summed E-state index contributed by atoms with van der Waals surface area (Å²) in [5.74, 6) is 0.752. The van der Waals surface area contributed by atoms with E-state index in [1.54, 1.807) is 11.3 Å². The average molecular weight is 273 g/mol. The highest BCUT2D eigenvalue weighted by atomic mass is 32.1. The van der Waals surface area contributed by atoms with E-state index >= 15 is 0 Å². The number of aliphatic hydroxyl groups is 1. The lowest BCUT2D eigenvalue weighted by Gasteiger charge is -2.19. The fraction of sp³-hybridized carbons (Fsp3) is 0.375. The monoisotopic (exact) mass is 273 g/mol. The molecule has 1 heterocycles. The van der Waals surface area contributed by atoms with E-state index in [1.165, 1.54) is 17.7 Å². The van der Waals surface area contributed by atoms with E-state index in [1.807, 2.05) is 30.3 Å². The Morgan fingerprint density at radius 2 is 1.95 bits per heavy atom. The standard InChI is InChI=1S/C16H19NOS/c18-14(12-5-2-1-3-6-12)11-17-16(13-8-9-13)15-7-4-10-19-15/h1-7,10,13-14,16-18H,8-9,11H2. The van der Waals surface area contributed by atoms with Crippen molar-refractivity contribution < 1.29 is 5.11 Å². The Bertz CT molecular complexity index is 493. The Labute approximate surface area is 118 Å². The van der Waals surface area contributed by atoms with Crippen LogP contribution in [0.25, 0.3) is 0 Å². The third kappa shape index (κ3) is 3.24. The molecule has 2 unspecified atom stereocenters. The lowest BCUT2D eigenvalue weighted by atomic mass is 10.1. The van der Waals surface area contributed by atoms with Gasteiger partial charge in [-0.2, -0.15) is 0 Å². The number of benzene rings is 1. The van der Waals surface area contributed by atoms with Gasteiger partial charge in [0.1, 0.15) is 0 Å². The SMILES string of the molecule is OC(CNC(c1cccs1)C1CC1)c1ccccc1. The number of hydrogen-bond acceptors (Lipinski definition) is 3. The first-order valence-corrected chi connectivity index (χ1v) is 7.72. The molecule has 1 aromatic heterocycles. The second-order valence-corrected chi connectivity index (χ2v) is 6.14. The van der Waals surface area contributed by atoms with E-state index in [-0.39, 0.29) is 0 Å². The molecule has 19 heavy (non-hydrogen) atoms. The second-order valence-electron chi connectivity index (χ2n) is 5.17. The summed E-state index contributed by atoms with van der Waals surface area (Å²) in [6.45, 7) is 0.614. The smallest absolute Gasteiger partial charge is 0.0914 e. The molecule has 2 nitrogen and oxygen atoms in total. The van der Waals surface area contributed by atoms with Crippen molar-refractivity contribution in [2.75, 3.05) is 6.54 Å². The minimum atomic E-state index is -0.428. The third-order valence-corrected chi connectivity index (χ3v) is 4.61. The van der Waals surface area contributed by atoms with Gasteiger partial charge in [-0.25, -0.2) is 0 Å². The molecule has 2 atom stereocenters. The van der Waals surface area contributed by atoms with Crippen LogP contribution in [0.5, 0.6) is 0 Å². The lowest BCUT2D eigenvalue weighted by molar-refractivity contribution is 0.168. The number of rotatable bonds is 6. The van der Waals surface area contributed by atoms with E-state index in [9.17, 15) is 5.11 Å². The lowest BCUT2D eigenvalue weighted by Crippen LogP contribution is -2.27. The molecule has 0 bridgehead atoms. The zero-order chi connectivity index (χ0) is 13.1. The van der Waals surface area contributed by atoms with E-state index in [4.69, 9.17) is 0 Å². The molecule has 2 N–H and O–H groups in total. The fourth-order valence-electron chi connectivity index (χ4n) is 2.43. The van der Waals surface area contributed by atoms with Crippen molar-refractivity contribution in [1.29, 1.82) is 0 Å². The molecule has 100 valence electrons. The molecular formula is C16H19NOS. The Morgan fingerprint density at radius 1 is 1.16 bits per heavy atom. The molecule has 0 spiro atoms. The molecule has 0 aliphatic heterocycles. The van der Waals surface area contributed by atoms with Crippen LogP contribution in [0.1, 0.15) is 35.4 Å². The maximum absolute atomic E-state index is 10.2. The number of hydrogen-bond donors (Lipinski definition) is 2. The van der Waals surface area contributed by atoms with Crippen molar-refractivity contribution in [3.8, 4) is 0 Å². The van der Waals surface area contributed by atoms with Crippen LogP contribution in [0.3, 0.4) is 0 Å². The van der Waals surface area contributed by atoms with E-state index < -0.39 is 6.10 Å². The predicted octanol–water partition coefficient (Wildman–Crippen LogP) is 3.52. The maximum atomic E-state index is 10.2. The first-order chi connectivity index (χ1) is 9.34. The molecule has 1 saturated carbocycles. The normalized spacial score (nSPS) is 18.2. The molecule has 1 aliphatic carbocycles. The maximum Gasteiger partial charge on any atom is 0.0914 e. The minimum Gasteiger partial charge on any atom is -0.387 e. The third-order valence-electron chi connectivity index (χ3n) is 3.66. The van der Waals surface area contributed by atoms with E-state index in [2.05, 4.69) is 22.8 Å². The molecule has 3 rings (SSSR count). The highest BCUT2D eigenvalue weighted by Gasteiger charge is 2.32. The summed E-state index contributed by atoms with van der Waals surface area (Å²) in [7, 11) is 0. The van der Waals surface area contributed by atoms with Crippen LogP contribution in [-0.2, 0) is 0 Å². The summed E-state index contributed by atoms with van der Waals surface area (Å²) in [5, 5.41) is 15.9. The first-order valence-electron chi connectivity index (χ1n) is 6.84. The summed E-state index contributed by atoms with van der Waals surface area (Å²) in [6, 6.07) is 14.6. The van der Waals surface area contributed by atoms with Crippen LogP contribution in [0.15, 0.2) is 47.8 Å². The Hall–Kier alpha value is -1.16.